The number of benzene rings is 2. The molecule has 7 nitrogen and oxygen atoms in total. The number of nitrogens with zero attached hydrogens (tertiary/aromatic N) is 3. The van der Waals surface area contributed by atoms with Gasteiger partial charge in [-0.15, -0.1) is 0 Å². The zero-order chi connectivity index (χ0) is 21.1. The molecule has 8 heteroatoms. The molecule has 2 heterocycles. The number of hydrogen-bond acceptors (Lipinski definition) is 5. The first-order valence-electron chi connectivity index (χ1n) is 10.2. The van der Waals surface area contributed by atoms with Crippen LogP contribution in [0.15, 0.2) is 53.4 Å². The van der Waals surface area contributed by atoms with Gasteiger partial charge in [0.1, 0.15) is 0 Å². The smallest absolute Gasteiger partial charge is 0.223 e. The summed E-state index contributed by atoms with van der Waals surface area (Å²) in [5, 5.41) is 0. The van der Waals surface area contributed by atoms with Crippen molar-refractivity contribution in [2.24, 2.45) is 0 Å². The van der Waals surface area contributed by atoms with Crippen LogP contribution in [0.4, 0.5) is 5.95 Å². The van der Waals surface area contributed by atoms with Gasteiger partial charge in [0.25, 0.3) is 0 Å². The third kappa shape index (κ3) is 4.48. The fraction of sp³-hybridized carbons (Fsp3) is 0.364. The minimum absolute atomic E-state index is 0.000841. The summed E-state index contributed by atoms with van der Waals surface area (Å²) in [4.78, 5) is 24.9. The number of aromatic nitrogens is 2. The second-order valence-corrected chi connectivity index (χ2v) is 9.79. The van der Waals surface area contributed by atoms with Crippen molar-refractivity contribution in [1.82, 2.24) is 14.9 Å². The van der Waals surface area contributed by atoms with Crippen molar-refractivity contribution in [2.45, 2.75) is 24.7 Å². The highest BCUT2D eigenvalue weighted by molar-refractivity contribution is 7.91. The highest BCUT2D eigenvalue weighted by Gasteiger charge is 2.23. The molecule has 1 aromatic heterocycles. The maximum atomic E-state index is 12.7. The first-order valence-corrected chi connectivity index (χ1v) is 11.8. The average molecular weight is 427 g/mol. The number of carbonyl (C=O) groups is 1. The lowest BCUT2D eigenvalue weighted by atomic mass is 10.2. The number of fused-ring (bicyclic) bond motifs is 1. The van der Waals surface area contributed by atoms with Crippen molar-refractivity contribution in [2.75, 3.05) is 36.8 Å². The number of sulfone groups is 1. The summed E-state index contributed by atoms with van der Waals surface area (Å²) >= 11 is 0. The predicted octanol–water partition coefficient (Wildman–Crippen LogP) is 2.77. The van der Waals surface area contributed by atoms with Crippen LogP contribution >= 0.6 is 0 Å². The van der Waals surface area contributed by atoms with Gasteiger partial charge in [0.05, 0.1) is 21.7 Å². The Hall–Kier alpha value is -2.87. The molecule has 1 N–H and O–H groups in total. The van der Waals surface area contributed by atoms with Crippen LogP contribution in [0.25, 0.3) is 11.0 Å². The third-order valence-corrected chi connectivity index (χ3v) is 7.22. The number of amides is 1. The Morgan fingerprint density at radius 1 is 1.03 bits per heavy atom. The number of anilines is 1. The summed E-state index contributed by atoms with van der Waals surface area (Å²) in [7, 11) is -3.46. The van der Waals surface area contributed by atoms with Crippen LogP contribution < -0.4 is 4.90 Å². The Morgan fingerprint density at radius 2 is 1.80 bits per heavy atom. The van der Waals surface area contributed by atoms with E-state index in [1.165, 1.54) is 0 Å². The summed E-state index contributed by atoms with van der Waals surface area (Å²) in [5.41, 5.74) is 2.92. The molecule has 1 aliphatic heterocycles. The van der Waals surface area contributed by atoms with Crippen LogP contribution in [0.2, 0.25) is 0 Å². The number of carbonyl (C=O) groups excluding carboxylic acids is 1. The van der Waals surface area contributed by atoms with Crippen LogP contribution in [0.5, 0.6) is 0 Å². The molecule has 0 radical (unpaired) electrons. The minimum atomic E-state index is -3.46. The van der Waals surface area contributed by atoms with Crippen LogP contribution in [0.1, 0.15) is 18.4 Å². The Bertz CT molecular complexity index is 1110. The maximum absolute atomic E-state index is 12.7. The molecule has 0 saturated carbocycles. The summed E-state index contributed by atoms with van der Waals surface area (Å²) in [6.45, 7) is 4.55. The van der Waals surface area contributed by atoms with Crippen LogP contribution in [-0.2, 0) is 14.6 Å². The van der Waals surface area contributed by atoms with Crippen molar-refractivity contribution < 1.29 is 13.2 Å². The van der Waals surface area contributed by atoms with E-state index in [1.54, 1.807) is 29.2 Å². The molecule has 30 heavy (non-hydrogen) atoms. The molecular formula is C22H26N4O3S. The molecule has 158 valence electrons. The summed E-state index contributed by atoms with van der Waals surface area (Å²) < 4.78 is 25.1. The van der Waals surface area contributed by atoms with Gasteiger partial charge in [-0.05, 0) is 37.6 Å². The number of hydrogen-bond donors (Lipinski definition) is 1. The largest absolute Gasteiger partial charge is 0.341 e. The standard InChI is InChI=1S/C22H26N4O3S/c1-17-7-9-18(10-8-17)30(28,29)16-11-21(27)25-12-4-13-26(15-14-25)22-23-19-5-2-3-6-20(19)24-22/h2-3,5-10H,4,11-16H2,1H3,(H,23,24). The van der Waals surface area contributed by atoms with Gasteiger partial charge in [-0.3, -0.25) is 4.79 Å². The Labute approximate surface area is 176 Å². The Kier molecular flexibility index (Phi) is 5.76. The van der Waals surface area contributed by atoms with E-state index < -0.39 is 9.84 Å². The molecule has 0 bridgehead atoms. The zero-order valence-electron chi connectivity index (χ0n) is 17.0. The van der Waals surface area contributed by atoms with Crippen molar-refractivity contribution >= 4 is 32.7 Å². The fourth-order valence-electron chi connectivity index (χ4n) is 3.71. The number of aryl methyl sites for hydroxylation is 1. The van der Waals surface area contributed by atoms with Gasteiger partial charge >= 0.3 is 0 Å². The molecule has 2 aromatic carbocycles. The number of nitrogens with one attached hydrogen (secondary N) is 1. The van der Waals surface area contributed by atoms with Crippen molar-refractivity contribution in [1.29, 1.82) is 0 Å². The number of rotatable bonds is 5. The zero-order valence-corrected chi connectivity index (χ0v) is 17.9. The van der Waals surface area contributed by atoms with Crippen LogP contribution in [0, 0.1) is 6.92 Å². The molecule has 1 saturated heterocycles. The first-order chi connectivity index (χ1) is 14.4. The maximum Gasteiger partial charge on any atom is 0.223 e. The van der Waals surface area contributed by atoms with Crippen LogP contribution in [0.3, 0.4) is 0 Å². The van der Waals surface area contributed by atoms with Crippen molar-refractivity contribution in [3.8, 4) is 0 Å². The van der Waals surface area contributed by atoms with E-state index in [2.05, 4.69) is 14.9 Å². The molecule has 1 fully saturated rings. The first kappa shape index (κ1) is 20.4. The van der Waals surface area contributed by atoms with E-state index in [9.17, 15) is 13.2 Å². The van der Waals surface area contributed by atoms with Gasteiger partial charge in [0.15, 0.2) is 9.84 Å². The second kappa shape index (κ2) is 8.47. The van der Waals surface area contributed by atoms with E-state index in [4.69, 9.17) is 0 Å². The van der Waals surface area contributed by atoms with Gasteiger partial charge < -0.3 is 14.8 Å². The van der Waals surface area contributed by atoms with E-state index in [0.29, 0.717) is 19.6 Å². The minimum Gasteiger partial charge on any atom is -0.341 e. The van der Waals surface area contributed by atoms with Gasteiger partial charge in [0.2, 0.25) is 11.9 Å². The predicted molar refractivity (Wildman–Crippen MR) is 117 cm³/mol. The Balaban J connectivity index is 1.35. The third-order valence-electron chi connectivity index (χ3n) is 5.49. The van der Waals surface area contributed by atoms with Gasteiger partial charge in [-0.1, -0.05) is 29.8 Å². The molecule has 0 unspecified atom stereocenters. The van der Waals surface area contributed by atoms with Crippen LogP contribution in [-0.4, -0.2) is 61.1 Å². The normalized spacial score (nSPS) is 15.4. The van der Waals surface area contributed by atoms with Gasteiger partial charge in [-0.25, -0.2) is 13.4 Å². The lowest BCUT2D eigenvalue weighted by Crippen LogP contribution is -2.36. The van der Waals surface area contributed by atoms with E-state index in [1.807, 2.05) is 31.2 Å². The monoisotopic (exact) mass is 426 g/mol. The van der Waals surface area contributed by atoms with E-state index >= 15 is 0 Å². The molecule has 3 aromatic rings. The average Bonchev–Trinajstić information content (AvgIpc) is 3.01. The Morgan fingerprint density at radius 3 is 2.57 bits per heavy atom. The summed E-state index contributed by atoms with van der Waals surface area (Å²) in [6, 6.07) is 14.6. The van der Waals surface area contributed by atoms with E-state index in [0.717, 1.165) is 35.5 Å². The molecule has 0 spiro atoms. The second-order valence-electron chi connectivity index (χ2n) is 7.68. The van der Waals surface area contributed by atoms with Crippen molar-refractivity contribution in [3.05, 3.63) is 54.1 Å². The lowest BCUT2D eigenvalue weighted by Gasteiger charge is -2.21. The molecule has 0 aliphatic carbocycles. The topological polar surface area (TPSA) is 86.4 Å². The van der Waals surface area contributed by atoms with Gasteiger partial charge in [-0.2, -0.15) is 0 Å². The molecule has 1 aliphatic rings. The molecule has 4 rings (SSSR count). The van der Waals surface area contributed by atoms with E-state index in [-0.39, 0.29) is 23.0 Å². The van der Waals surface area contributed by atoms with Crippen molar-refractivity contribution in [3.63, 3.8) is 0 Å². The summed E-state index contributed by atoms with van der Waals surface area (Å²) in [5.74, 6) is 0.531. The summed E-state index contributed by atoms with van der Waals surface area (Å²) in [6.07, 6.45) is 0.814. The fourth-order valence-corrected chi connectivity index (χ4v) is 4.94. The highest BCUT2D eigenvalue weighted by atomic mass is 32.2. The molecule has 1 amide bonds. The van der Waals surface area contributed by atoms with Gasteiger partial charge in [0, 0.05) is 32.6 Å². The lowest BCUT2D eigenvalue weighted by molar-refractivity contribution is -0.130. The SMILES string of the molecule is Cc1ccc(S(=O)(=O)CCC(=O)N2CCCN(c3nc4ccccc4[nH]3)CC2)cc1. The molecular weight excluding hydrogens is 400 g/mol. The quantitative estimate of drug-likeness (QED) is 0.678. The number of imidazole rings is 1. The number of H-pyrrole nitrogens is 1. The number of para-hydroxylation sites is 2. The number of aromatic amines is 1. The highest BCUT2D eigenvalue weighted by Crippen LogP contribution is 2.19. The molecule has 0 atom stereocenters.